The summed E-state index contributed by atoms with van der Waals surface area (Å²) in [5, 5.41) is 34.2. The van der Waals surface area contributed by atoms with Crippen molar-refractivity contribution in [2.45, 2.75) is 24.5 Å². The van der Waals surface area contributed by atoms with Crippen molar-refractivity contribution in [2.24, 2.45) is 5.10 Å². The first-order chi connectivity index (χ1) is 15.3. The number of halogens is 1. The number of aliphatic hydroxyl groups excluding tert-OH is 3. The zero-order chi connectivity index (χ0) is 23.0. The number of methoxy groups -OCH3 is 1. The average Bonchev–Trinajstić information content (AvgIpc) is 3.25. The van der Waals surface area contributed by atoms with Crippen LogP contribution in [0.15, 0.2) is 32.6 Å². The summed E-state index contributed by atoms with van der Waals surface area (Å²) in [4.78, 5) is 22.9. The Morgan fingerprint density at radius 1 is 1.41 bits per heavy atom. The molecule has 4 rings (SSSR count). The standard InChI is InChI=1S/C18H20BrN7O6/c1-31-9-3-2-7(4-8(9)19)5-21-25-18-22-11-14(23-17(20)24-15(11)30)26(18)16-13(29)12(28)10(6-27)32-16/h2-5,10,12-13,16,27-29H,6H2,1H3,(H,22,25)(H3,20,23,24,30)/b21-5-/t10-,12-,13-,16-/m1/s1. The summed E-state index contributed by atoms with van der Waals surface area (Å²) in [5.41, 5.74) is 8.40. The van der Waals surface area contributed by atoms with Gasteiger partial charge >= 0.3 is 0 Å². The highest BCUT2D eigenvalue weighted by atomic mass is 79.9. The first-order valence-electron chi connectivity index (χ1n) is 9.36. The van der Waals surface area contributed by atoms with Gasteiger partial charge in [0.1, 0.15) is 24.1 Å². The van der Waals surface area contributed by atoms with Crippen molar-refractivity contribution in [3.05, 3.63) is 38.6 Å². The fraction of sp³-hybridized carbons (Fsp3) is 0.333. The van der Waals surface area contributed by atoms with E-state index in [-0.39, 0.29) is 23.1 Å². The largest absolute Gasteiger partial charge is 0.496 e. The zero-order valence-corrected chi connectivity index (χ0v) is 18.2. The van der Waals surface area contributed by atoms with Gasteiger partial charge in [0.15, 0.2) is 17.4 Å². The van der Waals surface area contributed by atoms with Crippen molar-refractivity contribution >= 4 is 45.2 Å². The number of benzene rings is 1. The summed E-state index contributed by atoms with van der Waals surface area (Å²) in [6.07, 6.45) is -3.56. The van der Waals surface area contributed by atoms with Crippen molar-refractivity contribution < 1.29 is 24.8 Å². The van der Waals surface area contributed by atoms with Gasteiger partial charge in [-0.1, -0.05) is 0 Å². The van der Waals surface area contributed by atoms with Crippen LogP contribution in [0, 0.1) is 0 Å². The van der Waals surface area contributed by atoms with Crippen molar-refractivity contribution in [2.75, 3.05) is 24.9 Å². The molecular formula is C18H20BrN7O6. The number of H-pyrrole nitrogens is 1. The molecule has 4 atom stereocenters. The molecule has 2 aromatic heterocycles. The second-order valence-corrected chi connectivity index (χ2v) is 7.78. The lowest BCUT2D eigenvalue weighted by atomic mass is 10.1. The van der Waals surface area contributed by atoms with Crippen LogP contribution in [-0.4, -0.2) is 73.1 Å². The lowest BCUT2D eigenvalue weighted by Gasteiger charge is -2.18. The molecule has 0 spiro atoms. The van der Waals surface area contributed by atoms with Gasteiger partial charge in [0.25, 0.3) is 5.56 Å². The van der Waals surface area contributed by atoms with Crippen molar-refractivity contribution in [3.63, 3.8) is 0 Å². The number of nitrogen functional groups attached to an aromatic ring is 1. The van der Waals surface area contributed by atoms with E-state index in [9.17, 15) is 20.1 Å². The fourth-order valence-corrected chi connectivity index (χ4v) is 3.90. The van der Waals surface area contributed by atoms with Crippen LogP contribution in [-0.2, 0) is 4.74 Å². The predicted molar refractivity (Wildman–Crippen MR) is 117 cm³/mol. The molecular weight excluding hydrogens is 490 g/mol. The first kappa shape index (κ1) is 22.2. The topological polar surface area (TPSA) is 193 Å². The average molecular weight is 510 g/mol. The van der Waals surface area contributed by atoms with E-state index >= 15 is 0 Å². The highest BCUT2D eigenvalue weighted by molar-refractivity contribution is 9.10. The van der Waals surface area contributed by atoms with Gasteiger partial charge in [-0.25, -0.2) is 10.4 Å². The molecule has 32 heavy (non-hydrogen) atoms. The predicted octanol–water partition coefficient (Wildman–Crippen LogP) is -0.470. The number of nitrogens with one attached hydrogen (secondary N) is 2. The van der Waals surface area contributed by atoms with E-state index in [1.807, 2.05) is 0 Å². The summed E-state index contributed by atoms with van der Waals surface area (Å²) in [6.45, 7) is -0.523. The number of nitrogens with zero attached hydrogens (tertiary/aromatic N) is 4. The number of hydrazone groups is 1. The number of anilines is 2. The van der Waals surface area contributed by atoms with Crippen LogP contribution >= 0.6 is 15.9 Å². The summed E-state index contributed by atoms with van der Waals surface area (Å²) in [6, 6.07) is 5.31. The lowest BCUT2D eigenvalue weighted by molar-refractivity contribution is -0.0501. The number of hydrogen-bond acceptors (Lipinski definition) is 11. The second-order valence-electron chi connectivity index (χ2n) is 6.92. The molecule has 0 unspecified atom stereocenters. The maximum atomic E-state index is 12.3. The van der Waals surface area contributed by atoms with E-state index in [2.05, 4.69) is 41.4 Å². The molecule has 170 valence electrons. The highest BCUT2D eigenvalue weighted by Crippen LogP contribution is 2.34. The van der Waals surface area contributed by atoms with Crippen LogP contribution in [0.3, 0.4) is 0 Å². The van der Waals surface area contributed by atoms with Crippen molar-refractivity contribution in [3.8, 4) is 5.75 Å². The zero-order valence-electron chi connectivity index (χ0n) is 16.6. The number of ether oxygens (including phenoxy) is 2. The third-order valence-corrected chi connectivity index (χ3v) is 5.51. The number of rotatable bonds is 6. The second kappa shape index (κ2) is 8.84. The summed E-state index contributed by atoms with van der Waals surface area (Å²) < 4.78 is 12.8. The molecule has 1 saturated heterocycles. The first-order valence-corrected chi connectivity index (χ1v) is 10.2. The Kier molecular flexibility index (Phi) is 6.12. The smallest absolute Gasteiger partial charge is 0.280 e. The maximum absolute atomic E-state index is 12.3. The molecule has 0 bridgehead atoms. The summed E-state index contributed by atoms with van der Waals surface area (Å²) in [7, 11) is 1.56. The molecule has 1 aliphatic heterocycles. The Labute approximate surface area is 188 Å². The summed E-state index contributed by atoms with van der Waals surface area (Å²) >= 11 is 3.39. The third kappa shape index (κ3) is 3.93. The molecule has 3 aromatic rings. The quantitative estimate of drug-likeness (QED) is 0.187. The van der Waals surface area contributed by atoms with Gasteiger partial charge in [0, 0.05) is 0 Å². The molecule has 1 aromatic carbocycles. The van der Waals surface area contributed by atoms with Crippen LogP contribution in [0.5, 0.6) is 5.75 Å². The molecule has 14 heteroatoms. The molecule has 7 N–H and O–H groups in total. The SMILES string of the molecule is COc1ccc(/C=N\Nc2nc3c(=O)[nH]c(N)nc3n2[C@@H]2O[C@H](CO)[C@@H](O)[C@H]2O)cc1Br. The Morgan fingerprint density at radius 2 is 2.19 bits per heavy atom. The number of imidazole rings is 1. The van der Waals surface area contributed by atoms with E-state index in [0.29, 0.717) is 5.75 Å². The van der Waals surface area contributed by atoms with E-state index in [0.717, 1.165) is 10.0 Å². The number of hydrogen-bond donors (Lipinski definition) is 6. The van der Waals surface area contributed by atoms with Crippen LogP contribution in [0.1, 0.15) is 11.8 Å². The molecule has 3 heterocycles. The van der Waals surface area contributed by atoms with E-state index < -0.39 is 36.7 Å². The fourth-order valence-electron chi connectivity index (χ4n) is 3.34. The maximum Gasteiger partial charge on any atom is 0.280 e. The van der Waals surface area contributed by atoms with Crippen LogP contribution in [0.4, 0.5) is 11.9 Å². The van der Waals surface area contributed by atoms with Gasteiger partial charge in [0.05, 0.1) is 24.4 Å². The summed E-state index contributed by atoms with van der Waals surface area (Å²) in [5.74, 6) is 0.486. The number of aromatic amines is 1. The van der Waals surface area contributed by atoms with Gasteiger partial charge in [-0.3, -0.25) is 14.3 Å². The Bertz CT molecular complexity index is 1230. The van der Waals surface area contributed by atoms with E-state index in [1.165, 1.54) is 10.8 Å². The van der Waals surface area contributed by atoms with E-state index in [1.54, 1.807) is 25.3 Å². The van der Waals surface area contributed by atoms with Gasteiger partial charge in [-0.2, -0.15) is 10.1 Å². The molecule has 0 aliphatic carbocycles. The Balaban J connectivity index is 1.73. The van der Waals surface area contributed by atoms with Gasteiger partial charge in [-0.05, 0) is 39.7 Å². The monoisotopic (exact) mass is 509 g/mol. The molecule has 0 saturated carbocycles. The van der Waals surface area contributed by atoms with Gasteiger partial charge < -0.3 is 30.5 Å². The van der Waals surface area contributed by atoms with Crippen LogP contribution in [0.2, 0.25) is 0 Å². The van der Waals surface area contributed by atoms with Gasteiger partial charge in [-0.15, -0.1) is 0 Å². The van der Waals surface area contributed by atoms with Gasteiger partial charge in [0.2, 0.25) is 11.9 Å². The molecule has 0 amide bonds. The van der Waals surface area contributed by atoms with Crippen molar-refractivity contribution in [1.29, 1.82) is 0 Å². The lowest BCUT2D eigenvalue weighted by Crippen LogP contribution is -2.33. The Hall–Kier alpha value is -3.04. The number of aliphatic hydroxyl groups is 3. The molecule has 1 aliphatic rings. The minimum Gasteiger partial charge on any atom is -0.496 e. The normalized spacial score (nSPS) is 23.3. The number of aromatic nitrogens is 4. The number of nitrogens with two attached hydrogens (primary N) is 1. The minimum atomic E-state index is -1.44. The third-order valence-electron chi connectivity index (χ3n) is 4.89. The van der Waals surface area contributed by atoms with Crippen molar-refractivity contribution in [1.82, 2.24) is 19.5 Å². The number of fused-ring (bicyclic) bond motifs is 1. The molecule has 0 radical (unpaired) electrons. The Morgan fingerprint density at radius 3 is 2.84 bits per heavy atom. The van der Waals surface area contributed by atoms with Crippen LogP contribution in [0.25, 0.3) is 11.2 Å². The molecule has 13 nitrogen and oxygen atoms in total. The minimum absolute atomic E-state index is 0.00210. The highest BCUT2D eigenvalue weighted by Gasteiger charge is 2.45. The molecule has 1 fully saturated rings. The van der Waals surface area contributed by atoms with E-state index in [4.69, 9.17) is 15.2 Å². The van der Waals surface area contributed by atoms with Crippen LogP contribution < -0.4 is 21.5 Å².